The first-order chi connectivity index (χ1) is 10.4. The summed E-state index contributed by atoms with van der Waals surface area (Å²) in [5.74, 6) is 2.26. The molecule has 0 saturated heterocycles. The highest BCUT2D eigenvalue weighted by atomic mass is 16.3. The van der Waals surface area contributed by atoms with E-state index < -0.39 is 0 Å². The van der Waals surface area contributed by atoms with Crippen LogP contribution < -0.4 is 0 Å². The maximum absolute atomic E-state index is 11.9. The number of carbonyl (C=O) groups is 1. The van der Waals surface area contributed by atoms with Crippen molar-refractivity contribution in [3.8, 4) is 0 Å². The average molecular weight is 306 g/mol. The van der Waals surface area contributed by atoms with Crippen LogP contribution in [0.15, 0.2) is 0 Å². The van der Waals surface area contributed by atoms with Crippen molar-refractivity contribution < 1.29 is 15.0 Å². The van der Waals surface area contributed by atoms with Gasteiger partial charge in [0.05, 0.1) is 12.2 Å². The number of Topliss-reactive ketones (excluding diaryl/α,β-unsaturated/α-hetero) is 1. The van der Waals surface area contributed by atoms with Gasteiger partial charge in [-0.3, -0.25) is 4.79 Å². The maximum atomic E-state index is 11.9. The zero-order chi connectivity index (χ0) is 15.7. The molecule has 124 valence electrons. The molecule has 1 unspecified atom stereocenters. The fourth-order valence-corrected chi connectivity index (χ4v) is 7.06. The van der Waals surface area contributed by atoms with Crippen LogP contribution in [0.3, 0.4) is 0 Å². The highest BCUT2D eigenvalue weighted by Crippen LogP contribution is 2.65. The first-order valence-electron chi connectivity index (χ1n) is 9.24. The second-order valence-corrected chi connectivity index (χ2v) is 9.17. The topological polar surface area (TPSA) is 57.5 Å². The van der Waals surface area contributed by atoms with Crippen LogP contribution in [-0.4, -0.2) is 28.2 Å². The fraction of sp³-hybridized carbons (Fsp3) is 0.947. The smallest absolute Gasteiger partial charge is 0.133 e. The highest BCUT2D eigenvalue weighted by molar-refractivity contribution is 5.79. The van der Waals surface area contributed by atoms with E-state index in [0.717, 1.165) is 32.1 Å². The van der Waals surface area contributed by atoms with Crippen molar-refractivity contribution in [2.24, 2.45) is 34.5 Å². The maximum Gasteiger partial charge on any atom is 0.133 e. The number of aliphatic hydroxyl groups excluding tert-OH is 2. The van der Waals surface area contributed by atoms with E-state index in [4.69, 9.17) is 0 Å². The summed E-state index contributed by atoms with van der Waals surface area (Å²) in [6, 6.07) is 0. The second kappa shape index (κ2) is 4.80. The highest BCUT2D eigenvalue weighted by Gasteiger charge is 2.61. The molecule has 3 heteroatoms. The molecule has 0 spiro atoms. The van der Waals surface area contributed by atoms with Crippen LogP contribution in [0, 0.1) is 34.5 Å². The zero-order valence-electron chi connectivity index (χ0n) is 13.9. The molecule has 4 saturated carbocycles. The number of ketones is 1. The minimum atomic E-state index is -0.324. The van der Waals surface area contributed by atoms with Gasteiger partial charge in [-0.25, -0.2) is 0 Å². The van der Waals surface area contributed by atoms with E-state index in [2.05, 4.69) is 13.8 Å². The number of hydrogen-bond donors (Lipinski definition) is 2. The Morgan fingerprint density at radius 2 is 1.68 bits per heavy atom. The molecular formula is C19H30O3. The molecule has 0 aliphatic heterocycles. The van der Waals surface area contributed by atoms with Crippen LogP contribution in [0.4, 0.5) is 0 Å². The molecule has 0 aromatic rings. The Labute approximate surface area is 133 Å². The first kappa shape index (κ1) is 15.1. The van der Waals surface area contributed by atoms with Crippen molar-refractivity contribution in [1.82, 2.24) is 0 Å². The fourth-order valence-electron chi connectivity index (χ4n) is 7.06. The van der Waals surface area contributed by atoms with Gasteiger partial charge >= 0.3 is 0 Å². The summed E-state index contributed by atoms with van der Waals surface area (Å²) in [5, 5.41) is 21.2. The Bertz CT molecular complexity index is 489. The van der Waals surface area contributed by atoms with Crippen molar-refractivity contribution in [2.75, 3.05) is 0 Å². The molecule has 0 radical (unpaired) electrons. The molecule has 0 heterocycles. The molecule has 0 aromatic heterocycles. The molecule has 0 bridgehead atoms. The summed E-state index contributed by atoms with van der Waals surface area (Å²) in [7, 11) is 0. The lowest BCUT2D eigenvalue weighted by Crippen LogP contribution is -2.58. The van der Waals surface area contributed by atoms with E-state index in [-0.39, 0.29) is 29.0 Å². The van der Waals surface area contributed by atoms with Crippen LogP contribution in [0.2, 0.25) is 0 Å². The van der Waals surface area contributed by atoms with E-state index in [0.29, 0.717) is 36.4 Å². The molecule has 0 aromatic carbocycles. The molecule has 8 atom stereocenters. The van der Waals surface area contributed by atoms with Crippen molar-refractivity contribution in [3.63, 3.8) is 0 Å². The van der Waals surface area contributed by atoms with Gasteiger partial charge in [0.1, 0.15) is 5.78 Å². The molecule has 2 N–H and O–H groups in total. The van der Waals surface area contributed by atoms with E-state index in [1.54, 1.807) is 0 Å². The first-order valence-corrected chi connectivity index (χ1v) is 9.24. The molecule has 0 amide bonds. The summed E-state index contributed by atoms with van der Waals surface area (Å²) in [6.07, 6.45) is 6.95. The minimum absolute atomic E-state index is 0.0641. The largest absolute Gasteiger partial charge is 0.393 e. The SMILES string of the molecule is C[C@]12CCC(=O)C[C@@H]1C(O)C[C@@H]1[C@@H]2CC[C@]2(C)[C@@H](O)CC[C@@H]12. The summed E-state index contributed by atoms with van der Waals surface area (Å²) in [6.45, 7) is 4.62. The Balaban J connectivity index is 1.68. The molecular weight excluding hydrogens is 276 g/mol. The van der Waals surface area contributed by atoms with Crippen LogP contribution in [0.25, 0.3) is 0 Å². The summed E-state index contributed by atoms with van der Waals surface area (Å²) in [5.41, 5.74) is 0.194. The van der Waals surface area contributed by atoms with Gasteiger partial charge in [-0.15, -0.1) is 0 Å². The van der Waals surface area contributed by atoms with Gasteiger partial charge in [-0.1, -0.05) is 13.8 Å². The molecule has 4 fully saturated rings. The standard InChI is InChI=1S/C19H30O3/c1-18-7-5-11(20)9-15(18)16(21)10-12-13-3-4-17(22)19(13,2)8-6-14(12)18/h12-17,21-22H,3-10H2,1-2H3/t12-,13-,14-,15+,16?,17-,18+,19-/m0/s1. The number of carbonyl (C=O) groups excluding carboxylic acids is 1. The lowest BCUT2D eigenvalue weighted by atomic mass is 9.44. The van der Waals surface area contributed by atoms with Gasteiger partial charge in [-0.05, 0) is 73.0 Å². The van der Waals surface area contributed by atoms with E-state index in [1.807, 2.05) is 0 Å². The summed E-state index contributed by atoms with van der Waals surface area (Å²) in [4.78, 5) is 11.9. The molecule has 4 aliphatic carbocycles. The normalized spacial score (nSPS) is 57.9. The van der Waals surface area contributed by atoms with Crippen LogP contribution in [0.1, 0.15) is 65.2 Å². The summed E-state index contributed by atoms with van der Waals surface area (Å²) < 4.78 is 0. The van der Waals surface area contributed by atoms with Crippen LogP contribution >= 0.6 is 0 Å². The second-order valence-electron chi connectivity index (χ2n) is 9.17. The van der Waals surface area contributed by atoms with Crippen molar-refractivity contribution in [1.29, 1.82) is 0 Å². The Morgan fingerprint density at radius 1 is 0.955 bits per heavy atom. The Kier molecular flexibility index (Phi) is 3.30. The lowest BCUT2D eigenvalue weighted by molar-refractivity contribution is -0.168. The van der Waals surface area contributed by atoms with Gasteiger partial charge in [-0.2, -0.15) is 0 Å². The molecule has 22 heavy (non-hydrogen) atoms. The number of rotatable bonds is 0. The minimum Gasteiger partial charge on any atom is -0.393 e. The Morgan fingerprint density at radius 3 is 2.45 bits per heavy atom. The quantitative estimate of drug-likeness (QED) is 0.723. The molecule has 3 nitrogen and oxygen atoms in total. The van der Waals surface area contributed by atoms with Gasteiger partial charge in [0.2, 0.25) is 0 Å². The van der Waals surface area contributed by atoms with Crippen molar-refractivity contribution in [2.45, 2.75) is 77.4 Å². The van der Waals surface area contributed by atoms with E-state index in [1.165, 1.54) is 6.42 Å². The predicted octanol–water partition coefficient (Wildman–Crippen LogP) is 2.93. The lowest BCUT2D eigenvalue weighted by Gasteiger charge is -2.61. The van der Waals surface area contributed by atoms with Gasteiger partial charge in [0, 0.05) is 12.8 Å². The van der Waals surface area contributed by atoms with Gasteiger partial charge in [0.25, 0.3) is 0 Å². The van der Waals surface area contributed by atoms with Crippen LogP contribution in [0.5, 0.6) is 0 Å². The van der Waals surface area contributed by atoms with Crippen molar-refractivity contribution in [3.05, 3.63) is 0 Å². The third kappa shape index (κ3) is 1.84. The zero-order valence-corrected chi connectivity index (χ0v) is 13.9. The third-order valence-corrected chi connectivity index (χ3v) is 8.45. The number of hydrogen-bond acceptors (Lipinski definition) is 3. The summed E-state index contributed by atoms with van der Waals surface area (Å²) >= 11 is 0. The van der Waals surface area contributed by atoms with Crippen LogP contribution in [-0.2, 0) is 4.79 Å². The molecule has 4 aliphatic rings. The van der Waals surface area contributed by atoms with E-state index >= 15 is 0 Å². The molecule has 4 rings (SSSR count). The number of aliphatic hydroxyl groups is 2. The number of fused-ring (bicyclic) bond motifs is 5. The van der Waals surface area contributed by atoms with E-state index in [9.17, 15) is 15.0 Å². The van der Waals surface area contributed by atoms with Gasteiger partial charge in [0.15, 0.2) is 0 Å². The third-order valence-electron chi connectivity index (χ3n) is 8.45. The van der Waals surface area contributed by atoms with Crippen molar-refractivity contribution >= 4 is 5.78 Å². The Hall–Kier alpha value is -0.410. The average Bonchev–Trinajstić information content (AvgIpc) is 2.77. The predicted molar refractivity (Wildman–Crippen MR) is 84.1 cm³/mol. The van der Waals surface area contributed by atoms with Gasteiger partial charge < -0.3 is 10.2 Å². The monoisotopic (exact) mass is 306 g/mol.